The van der Waals surface area contributed by atoms with Gasteiger partial charge < -0.3 is 4.42 Å². The smallest absolute Gasteiger partial charge is 0.228 e. The van der Waals surface area contributed by atoms with Crippen molar-refractivity contribution in [2.24, 2.45) is 0 Å². The van der Waals surface area contributed by atoms with Crippen molar-refractivity contribution in [2.75, 3.05) is 0 Å². The van der Waals surface area contributed by atoms with Crippen LogP contribution in [0.1, 0.15) is 16.8 Å². The molecule has 0 atom stereocenters. The maximum absolute atomic E-state index is 6.23. The fourth-order valence-corrected chi connectivity index (χ4v) is 10.8. The molecule has 0 spiro atoms. The van der Waals surface area contributed by atoms with Gasteiger partial charge in [0.1, 0.15) is 0 Å². The molecule has 0 aliphatic rings. The highest BCUT2D eigenvalue weighted by Crippen LogP contribution is 2.55. The van der Waals surface area contributed by atoms with Crippen LogP contribution in [0.3, 0.4) is 0 Å². The van der Waals surface area contributed by atoms with Crippen LogP contribution in [0.4, 0.5) is 0 Å². The second-order valence-electron chi connectivity index (χ2n) is 16.5. The number of aryl methyl sites for hydroxylation is 3. The summed E-state index contributed by atoms with van der Waals surface area (Å²) in [5, 5.41) is 18.2. The summed E-state index contributed by atoms with van der Waals surface area (Å²) in [4.78, 5) is 9.39. The van der Waals surface area contributed by atoms with Gasteiger partial charge in [-0.05, 0) is 171 Å². The molecule has 0 amide bonds. The first kappa shape index (κ1) is 33.4. The molecule has 2 heterocycles. The minimum atomic E-state index is 0.594. The van der Waals surface area contributed by atoms with Gasteiger partial charge in [0.15, 0.2) is 11.2 Å². The van der Waals surface area contributed by atoms with Gasteiger partial charge in [-0.1, -0.05) is 133 Å². The van der Waals surface area contributed by atoms with Crippen LogP contribution in [0.15, 0.2) is 168 Å². The minimum absolute atomic E-state index is 0.594. The maximum atomic E-state index is 6.23. The van der Waals surface area contributed by atoms with Crippen molar-refractivity contribution in [1.29, 1.82) is 0 Å². The average molecular weight is 765 g/mol. The van der Waals surface area contributed by atoms with Gasteiger partial charge >= 0.3 is 0 Å². The van der Waals surface area contributed by atoms with Gasteiger partial charge in [0.25, 0.3) is 0 Å². The van der Waals surface area contributed by atoms with Gasteiger partial charge in [0.05, 0.1) is 0 Å². The summed E-state index contributed by atoms with van der Waals surface area (Å²) in [6, 6.07) is 60.6. The van der Waals surface area contributed by atoms with E-state index in [1.54, 1.807) is 0 Å². The molecular weight excluding hydrogens is 729 g/mol. The molecule has 0 saturated carbocycles. The van der Waals surface area contributed by atoms with E-state index in [2.05, 4.69) is 170 Å². The second kappa shape index (κ2) is 12.2. The van der Waals surface area contributed by atoms with Gasteiger partial charge in [-0.25, -0.2) is 4.98 Å². The van der Waals surface area contributed by atoms with Crippen molar-refractivity contribution in [3.05, 3.63) is 181 Å². The Bertz CT molecular complexity index is 3880. The second-order valence-corrected chi connectivity index (χ2v) is 16.5. The molecule has 280 valence electrons. The third-order valence-corrected chi connectivity index (χ3v) is 13.1. The Kier molecular flexibility index (Phi) is 6.78. The lowest BCUT2D eigenvalue weighted by Crippen LogP contribution is -1.92. The summed E-state index contributed by atoms with van der Waals surface area (Å²) < 4.78 is 6.23. The Morgan fingerprint density at radius 1 is 0.350 bits per heavy atom. The standard InChI is InChI=1S/C57H36N2O/c1-31-28-36(57-59-56-47(60-57)27-24-33(3)58-56)29-32(2)48(31)41-25-26-44-51-40(41)21-13-23-43(51)55-50(35-16-8-5-9-17-35)53-42-22-12-20-39-37-18-10-11-19-38(37)45(52(39)42)30-46(53)49(54(44)55)34-14-6-4-7-15-34/h4-30H,1-3H3. The highest BCUT2D eigenvalue weighted by molar-refractivity contribution is 6.45. The van der Waals surface area contributed by atoms with E-state index in [1.807, 2.05) is 19.1 Å². The molecule has 0 radical (unpaired) electrons. The third kappa shape index (κ3) is 4.49. The number of nitrogens with zero attached hydrogens (tertiary/aromatic N) is 2. The molecule has 13 aromatic rings. The van der Waals surface area contributed by atoms with Crippen LogP contribution in [-0.4, -0.2) is 9.97 Å². The zero-order valence-corrected chi connectivity index (χ0v) is 33.4. The van der Waals surface area contributed by atoms with Crippen LogP contribution in [0.2, 0.25) is 0 Å². The van der Waals surface area contributed by atoms with Crippen molar-refractivity contribution < 1.29 is 4.42 Å². The Morgan fingerprint density at radius 3 is 1.65 bits per heavy atom. The predicted octanol–water partition coefficient (Wildman–Crippen LogP) is 15.8. The molecule has 0 aliphatic heterocycles. The van der Waals surface area contributed by atoms with Crippen molar-refractivity contribution in [3.63, 3.8) is 0 Å². The van der Waals surface area contributed by atoms with Crippen LogP contribution < -0.4 is 0 Å². The molecule has 0 saturated heterocycles. The van der Waals surface area contributed by atoms with Gasteiger partial charge in [0.2, 0.25) is 5.89 Å². The predicted molar refractivity (Wildman–Crippen MR) is 253 cm³/mol. The highest BCUT2D eigenvalue weighted by atomic mass is 16.3. The van der Waals surface area contributed by atoms with E-state index in [0.29, 0.717) is 17.1 Å². The van der Waals surface area contributed by atoms with Gasteiger partial charge in [-0.3, -0.25) is 0 Å². The van der Waals surface area contributed by atoms with Crippen molar-refractivity contribution in [2.45, 2.75) is 20.8 Å². The topological polar surface area (TPSA) is 38.9 Å². The van der Waals surface area contributed by atoms with Crippen LogP contribution in [-0.2, 0) is 0 Å². The SMILES string of the molecule is Cc1ccc2oc(-c3cc(C)c(-c4ccc5c6c(-c7ccccc7)c7cc8c9ccccc9c9cccc(c7c(-c7ccccc7)c6c6cccc4c56)c98)c(C)c3)nc2n1. The Labute approximate surface area is 345 Å². The molecule has 0 N–H and O–H groups in total. The number of benzene rings is 9. The van der Waals surface area contributed by atoms with Crippen molar-refractivity contribution in [3.8, 4) is 44.8 Å². The summed E-state index contributed by atoms with van der Waals surface area (Å²) in [5.41, 5.74) is 13.1. The largest absolute Gasteiger partial charge is 0.434 e. The van der Waals surface area contributed by atoms with E-state index in [-0.39, 0.29) is 0 Å². The van der Waals surface area contributed by atoms with Gasteiger partial charge in [-0.15, -0.1) is 0 Å². The summed E-state index contributed by atoms with van der Waals surface area (Å²) >= 11 is 0. The Morgan fingerprint density at radius 2 is 0.917 bits per heavy atom. The molecule has 11 aromatic carbocycles. The molecule has 0 bridgehead atoms. The average Bonchev–Trinajstić information content (AvgIpc) is 3.96. The van der Waals surface area contributed by atoms with Crippen LogP contribution in [0, 0.1) is 20.8 Å². The number of aromatic nitrogens is 2. The first-order chi connectivity index (χ1) is 29.5. The fourth-order valence-electron chi connectivity index (χ4n) is 10.8. The summed E-state index contributed by atoms with van der Waals surface area (Å²) in [6.07, 6.45) is 0. The number of oxazole rings is 1. The zero-order valence-electron chi connectivity index (χ0n) is 33.4. The Hall–Kier alpha value is -7.62. The van der Waals surface area contributed by atoms with Gasteiger partial charge in [0, 0.05) is 11.3 Å². The summed E-state index contributed by atoms with van der Waals surface area (Å²) in [7, 11) is 0. The first-order valence-corrected chi connectivity index (χ1v) is 20.7. The zero-order chi connectivity index (χ0) is 39.8. The van der Waals surface area contributed by atoms with Gasteiger partial charge in [-0.2, -0.15) is 4.98 Å². The fraction of sp³-hybridized carbons (Fsp3) is 0.0526. The van der Waals surface area contributed by atoms with Crippen molar-refractivity contribution >= 4 is 86.6 Å². The summed E-state index contributed by atoms with van der Waals surface area (Å²) in [6.45, 7) is 6.40. The summed E-state index contributed by atoms with van der Waals surface area (Å²) in [5.74, 6) is 0.594. The first-order valence-electron chi connectivity index (χ1n) is 20.7. The van der Waals surface area contributed by atoms with E-state index in [1.165, 1.54) is 120 Å². The molecule has 0 unspecified atom stereocenters. The van der Waals surface area contributed by atoms with E-state index >= 15 is 0 Å². The maximum Gasteiger partial charge on any atom is 0.228 e. The number of fused-ring (bicyclic) bond motifs is 9. The van der Waals surface area contributed by atoms with E-state index in [4.69, 9.17) is 9.40 Å². The molecule has 60 heavy (non-hydrogen) atoms. The lowest BCUT2D eigenvalue weighted by atomic mass is 9.84. The van der Waals surface area contributed by atoms with Crippen molar-refractivity contribution in [1.82, 2.24) is 9.97 Å². The Balaban J connectivity index is 1.18. The number of pyridine rings is 1. The minimum Gasteiger partial charge on any atom is -0.434 e. The van der Waals surface area contributed by atoms with E-state index in [9.17, 15) is 0 Å². The molecule has 0 aliphatic carbocycles. The normalized spacial score (nSPS) is 12.2. The lowest BCUT2D eigenvalue weighted by molar-refractivity contribution is 0.619. The highest BCUT2D eigenvalue weighted by Gasteiger charge is 2.27. The number of rotatable bonds is 4. The molecular formula is C57H36N2O. The van der Waals surface area contributed by atoms with Crippen LogP contribution >= 0.6 is 0 Å². The lowest BCUT2D eigenvalue weighted by Gasteiger charge is -2.19. The van der Waals surface area contributed by atoms with Crippen LogP contribution in [0.25, 0.3) is 131 Å². The molecule has 13 rings (SSSR count). The quantitative estimate of drug-likeness (QED) is 0.168. The molecule has 0 fully saturated rings. The third-order valence-electron chi connectivity index (χ3n) is 13.1. The molecule has 3 heteroatoms. The molecule has 3 nitrogen and oxygen atoms in total. The number of hydrogen-bond donors (Lipinski definition) is 0. The monoisotopic (exact) mass is 764 g/mol. The van der Waals surface area contributed by atoms with Crippen LogP contribution in [0.5, 0.6) is 0 Å². The van der Waals surface area contributed by atoms with E-state index < -0.39 is 0 Å². The molecule has 2 aromatic heterocycles. The van der Waals surface area contributed by atoms with E-state index in [0.717, 1.165) is 11.3 Å². The number of hydrogen-bond acceptors (Lipinski definition) is 3.